The van der Waals surface area contributed by atoms with Crippen molar-refractivity contribution in [2.24, 2.45) is 0 Å². The summed E-state index contributed by atoms with van der Waals surface area (Å²) < 4.78 is 39.5. The van der Waals surface area contributed by atoms with E-state index in [4.69, 9.17) is 5.73 Å². The van der Waals surface area contributed by atoms with Crippen molar-refractivity contribution in [3.63, 3.8) is 0 Å². The molecule has 0 spiro atoms. The van der Waals surface area contributed by atoms with Gasteiger partial charge in [0.25, 0.3) is 10.0 Å². The maximum absolute atomic E-state index is 13.1. The molecule has 0 amide bonds. The molecule has 0 atom stereocenters. The van der Waals surface area contributed by atoms with E-state index in [0.29, 0.717) is 5.56 Å². The molecule has 3 N–H and O–H groups in total. The molecule has 1 heterocycles. The molecule has 100 valence electrons. The molecule has 2 rings (SSSR count). The van der Waals surface area contributed by atoms with Gasteiger partial charge in [0.05, 0.1) is 0 Å². The molecule has 19 heavy (non-hydrogen) atoms. The Morgan fingerprint density at radius 3 is 2.58 bits per heavy atom. The summed E-state index contributed by atoms with van der Waals surface area (Å²) in [5.41, 5.74) is 6.04. The van der Waals surface area contributed by atoms with Gasteiger partial charge in [-0.1, -0.05) is 0 Å². The molecule has 0 saturated carbocycles. The highest BCUT2D eigenvalue weighted by Crippen LogP contribution is 2.18. The van der Waals surface area contributed by atoms with Gasteiger partial charge < -0.3 is 5.73 Å². The van der Waals surface area contributed by atoms with Crippen molar-refractivity contribution in [3.8, 4) is 0 Å². The monoisotopic (exact) mass is 281 g/mol. The van der Waals surface area contributed by atoms with E-state index in [-0.39, 0.29) is 16.4 Å². The van der Waals surface area contributed by atoms with Crippen LogP contribution in [0, 0.1) is 12.7 Å². The number of nitrogen functional groups attached to an aromatic ring is 1. The molecule has 0 aliphatic heterocycles. The number of aryl methyl sites for hydroxylation is 1. The second kappa shape index (κ2) is 4.85. The standard InChI is InChI=1S/C12H12FN3O2S/c1-8-6-9(2-4-11(8)13)16-19(17,18)10-3-5-12(14)15-7-10/h2-7,16H,1H3,(H2,14,15). The number of benzene rings is 1. The van der Waals surface area contributed by atoms with Gasteiger partial charge in [-0.15, -0.1) is 0 Å². The van der Waals surface area contributed by atoms with Crippen molar-refractivity contribution >= 4 is 21.5 Å². The van der Waals surface area contributed by atoms with Crippen LogP contribution in [0.15, 0.2) is 41.4 Å². The molecule has 5 nitrogen and oxygen atoms in total. The number of nitrogens with one attached hydrogen (secondary N) is 1. The van der Waals surface area contributed by atoms with Crippen molar-refractivity contribution < 1.29 is 12.8 Å². The third kappa shape index (κ3) is 3.00. The first kappa shape index (κ1) is 13.3. The van der Waals surface area contributed by atoms with Crippen LogP contribution in [-0.2, 0) is 10.0 Å². The van der Waals surface area contributed by atoms with Crippen LogP contribution in [0.25, 0.3) is 0 Å². The van der Waals surface area contributed by atoms with Gasteiger partial charge in [0, 0.05) is 11.9 Å². The van der Waals surface area contributed by atoms with Crippen LogP contribution in [0.2, 0.25) is 0 Å². The second-order valence-corrected chi connectivity index (χ2v) is 5.67. The maximum atomic E-state index is 13.1. The number of nitrogens with two attached hydrogens (primary N) is 1. The van der Waals surface area contributed by atoms with E-state index in [1.54, 1.807) is 6.92 Å². The quantitative estimate of drug-likeness (QED) is 0.900. The molecule has 0 aliphatic carbocycles. The fourth-order valence-electron chi connectivity index (χ4n) is 1.47. The lowest BCUT2D eigenvalue weighted by Crippen LogP contribution is -2.13. The van der Waals surface area contributed by atoms with E-state index in [1.807, 2.05) is 0 Å². The van der Waals surface area contributed by atoms with Crippen LogP contribution in [0.1, 0.15) is 5.56 Å². The minimum atomic E-state index is -3.75. The molecule has 0 radical (unpaired) electrons. The van der Waals surface area contributed by atoms with Crippen molar-refractivity contribution in [2.75, 3.05) is 10.5 Å². The zero-order valence-corrected chi connectivity index (χ0v) is 10.9. The van der Waals surface area contributed by atoms with Gasteiger partial charge in [-0.2, -0.15) is 0 Å². The van der Waals surface area contributed by atoms with E-state index in [9.17, 15) is 12.8 Å². The number of sulfonamides is 1. The average Bonchev–Trinajstić information content (AvgIpc) is 2.34. The SMILES string of the molecule is Cc1cc(NS(=O)(=O)c2ccc(N)nc2)ccc1F. The fraction of sp³-hybridized carbons (Fsp3) is 0.0833. The fourth-order valence-corrected chi connectivity index (χ4v) is 2.47. The normalized spacial score (nSPS) is 11.3. The molecule has 0 fully saturated rings. The van der Waals surface area contributed by atoms with E-state index >= 15 is 0 Å². The number of hydrogen-bond acceptors (Lipinski definition) is 4. The third-order valence-corrected chi connectivity index (χ3v) is 3.85. The summed E-state index contributed by atoms with van der Waals surface area (Å²) in [6, 6.07) is 6.71. The van der Waals surface area contributed by atoms with Gasteiger partial charge in [-0.3, -0.25) is 4.72 Å². The third-order valence-electron chi connectivity index (χ3n) is 2.48. The molecule has 1 aromatic carbocycles. The zero-order chi connectivity index (χ0) is 14.0. The summed E-state index contributed by atoms with van der Waals surface area (Å²) in [7, 11) is -3.75. The summed E-state index contributed by atoms with van der Waals surface area (Å²) in [6.07, 6.45) is 1.16. The number of nitrogens with zero attached hydrogens (tertiary/aromatic N) is 1. The summed E-state index contributed by atoms with van der Waals surface area (Å²) in [5.74, 6) is -0.159. The number of anilines is 2. The molecular weight excluding hydrogens is 269 g/mol. The van der Waals surface area contributed by atoms with Crippen LogP contribution >= 0.6 is 0 Å². The van der Waals surface area contributed by atoms with E-state index in [2.05, 4.69) is 9.71 Å². The Bertz CT molecular complexity index is 699. The van der Waals surface area contributed by atoms with Crippen LogP contribution < -0.4 is 10.5 Å². The van der Waals surface area contributed by atoms with E-state index in [1.165, 1.54) is 30.3 Å². The van der Waals surface area contributed by atoms with Gasteiger partial charge in [0.15, 0.2) is 0 Å². The predicted octanol–water partition coefficient (Wildman–Crippen LogP) is 1.91. The van der Waals surface area contributed by atoms with Crippen molar-refractivity contribution in [3.05, 3.63) is 47.9 Å². The Morgan fingerprint density at radius 2 is 2.00 bits per heavy atom. The van der Waals surface area contributed by atoms with Crippen LogP contribution in [0.5, 0.6) is 0 Å². The van der Waals surface area contributed by atoms with Crippen molar-refractivity contribution in [1.82, 2.24) is 4.98 Å². The van der Waals surface area contributed by atoms with Crippen LogP contribution in [0.3, 0.4) is 0 Å². The number of hydrogen-bond donors (Lipinski definition) is 2. The highest BCUT2D eigenvalue weighted by molar-refractivity contribution is 7.92. The highest BCUT2D eigenvalue weighted by Gasteiger charge is 2.14. The van der Waals surface area contributed by atoms with Crippen LogP contribution in [-0.4, -0.2) is 13.4 Å². The molecular formula is C12H12FN3O2S. The Kier molecular flexibility index (Phi) is 3.39. The topological polar surface area (TPSA) is 85.1 Å². The Labute approximate surface area is 110 Å². The summed E-state index contributed by atoms with van der Waals surface area (Å²) in [5, 5.41) is 0. The highest BCUT2D eigenvalue weighted by atomic mass is 32.2. The smallest absolute Gasteiger partial charge is 0.263 e. The maximum Gasteiger partial charge on any atom is 0.263 e. The van der Waals surface area contributed by atoms with Gasteiger partial charge in [0.1, 0.15) is 16.5 Å². The van der Waals surface area contributed by atoms with E-state index < -0.39 is 15.8 Å². The Balaban J connectivity index is 2.30. The molecule has 2 aromatic rings. The molecule has 1 aromatic heterocycles. The zero-order valence-electron chi connectivity index (χ0n) is 10.1. The first-order chi connectivity index (χ1) is 8.88. The van der Waals surface area contributed by atoms with E-state index in [0.717, 1.165) is 6.20 Å². The molecule has 0 aliphatic rings. The van der Waals surface area contributed by atoms with Crippen molar-refractivity contribution in [1.29, 1.82) is 0 Å². The second-order valence-electron chi connectivity index (χ2n) is 3.99. The minimum absolute atomic E-state index is 0.0105. The first-order valence-corrected chi connectivity index (χ1v) is 6.87. The van der Waals surface area contributed by atoms with Gasteiger partial charge in [0.2, 0.25) is 0 Å². The molecule has 0 bridgehead atoms. The predicted molar refractivity (Wildman–Crippen MR) is 70.6 cm³/mol. The number of pyridine rings is 1. The number of aromatic nitrogens is 1. The van der Waals surface area contributed by atoms with Gasteiger partial charge >= 0.3 is 0 Å². The lowest BCUT2D eigenvalue weighted by Gasteiger charge is -2.08. The summed E-state index contributed by atoms with van der Waals surface area (Å²) >= 11 is 0. The molecule has 0 saturated heterocycles. The van der Waals surface area contributed by atoms with Crippen LogP contribution in [0.4, 0.5) is 15.9 Å². The summed E-state index contributed by atoms with van der Waals surface area (Å²) in [4.78, 5) is 3.71. The number of rotatable bonds is 3. The lowest BCUT2D eigenvalue weighted by atomic mass is 10.2. The molecule has 0 unspecified atom stereocenters. The number of halogens is 1. The Morgan fingerprint density at radius 1 is 1.26 bits per heavy atom. The Hall–Kier alpha value is -2.15. The van der Waals surface area contributed by atoms with Gasteiger partial charge in [-0.05, 0) is 42.8 Å². The minimum Gasteiger partial charge on any atom is -0.384 e. The van der Waals surface area contributed by atoms with Gasteiger partial charge in [-0.25, -0.2) is 17.8 Å². The summed E-state index contributed by atoms with van der Waals surface area (Å²) in [6.45, 7) is 1.55. The lowest BCUT2D eigenvalue weighted by molar-refractivity contribution is 0.600. The van der Waals surface area contributed by atoms with Crippen molar-refractivity contribution in [2.45, 2.75) is 11.8 Å². The average molecular weight is 281 g/mol. The largest absolute Gasteiger partial charge is 0.384 e. The molecule has 7 heteroatoms. The first-order valence-electron chi connectivity index (χ1n) is 5.39.